The van der Waals surface area contributed by atoms with Gasteiger partial charge in [0.1, 0.15) is 0 Å². The average Bonchev–Trinajstić information content (AvgIpc) is 2.73. The number of nitrogens with two attached hydrogens (primary N) is 1. The summed E-state index contributed by atoms with van der Waals surface area (Å²) >= 11 is 0. The fourth-order valence-electron chi connectivity index (χ4n) is 2.15. The summed E-state index contributed by atoms with van der Waals surface area (Å²) in [5.41, 5.74) is 5.29. The van der Waals surface area contributed by atoms with E-state index in [0.29, 0.717) is 31.2 Å². The number of carbonyl (C=O) groups is 2. The molecule has 102 valence electrons. The second kappa shape index (κ2) is 4.49. The van der Waals surface area contributed by atoms with Crippen molar-refractivity contribution in [2.75, 3.05) is 18.0 Å². The standard InChI is InChI=1S/C12H16N4O3/c1-7-8(9(17)18)5-14-11(15-7)16-4-3-12(2,6-16)10(13)19/h5H,3-4,6H2,1-2H3,(H2,13,19)(H,17,18). The summed E-state index contributed by atoms with van der Waals surface area (Å²) in [6.45, 7) is 4.52. The first-order valence-corrected chi connectivity index (χ1v) is 5.95. The molecule has 1 fully saturated rings. The summed E-state index contributed by atoms with van der Waals surface area (Å²) in [5, 5.41) is 8.92. The van der Waals surface area contributed by atoms with Crippen molar-refractivity contribution in [2.24, 2.45) is 11.1 Å². The number of anilines is 1. The third-order valence-electron chi connectivity index (χ3n) is 3.55. The van der Waals surface area contributed by atoms with Gasteiger partial charge in [0.25, 0.3) is 0 Å². The number of hydrogen-bond acceptors (Lipinski definition) is 5. The highest BCUT2D eigenvalue weighted by Crippen LogP contribution is 2.31. The minimum absolute atomic E-state index is 0.0839. The Kier molecular flexibility index (Phi) is 3.13. The lowest BCUT2D eigenvalue weighted by atomic mass is 9.89. The van der Waals surface area contributed by atoms with E-state index in [1.54, 1.807) is 6.92 Å². The number of amides is 1. The van der Waals surface area contributed by atoms with Crippen LogP contribution in [0.5, 0.6) is 0 Å². The van der Waals surface area contributed by atoms with E-state index in [1.807, 2.05) is 11.8 Å². The highest BCUT2D eigenvalue weighted by Gasteiger charge is 2.39. The Morgan fingerprint density at radius 2 is 2.21 bits per heavy atom. The van der Waals surface area contributed by atoms with Crippen LogP contribution in [0.4, 0.5) is 5.95 Å². The van der Waals surface area contributed by atoms with E-state index in [1.165, 1.54) is 6.20 Å². The molecular formula is C12H16N4O3. The number of aryl methyl sites for hydroxylation is 1. The second-order valence-electron chi connectivity index (χ2n) is 5.07. The molecule has 0 aliphatic carbocycles. The predicted molar refractivity (Wildman–Crippen MR) is 67.9 cm³/mol. The summed E-state index contributed by atoms with van der Waals surface area (Å²) in [6, 6.07) is 0. The summed E-state index contributed by atoms with van der Waals surface area (Å²) in [6.07, 6.45) is 1.94. The molecule has 0 bridgehead atoms. The van der Waals surface area contributed by atoms with Crippen LogP contribution in [0.15, 0.2) is 6.20 Å². The maximum Gasteiger partial charge on any atom is 0.339 e. The van der Waals surface area contributed by atoms with Gasteiger partial charge in [-0.3, -0.25) is 4.79 Å². The quantitative estimate of drug-likeness (QED) is 0.806. The van der Waals surface area contributed by atoms with Gasteiger partial charge in [-0.25, -0.2) is 14.8 Å². The van der Waals surface area contributed by atoms with Gasteiger partial charge in [-0.2, -0.15) is 0 Å². The molecule has 7 heteroatoms. The molecule has 1 atom stereocenters. The Morgan fingerprint density at radius 1 is 1.53 bits per heavy atom. The highest BCUT2D eigenvalue weighted by atomic mass is 16.4. The van der Waals surface area contributed by atoms with E-state index in [4.69, 9.17) is 10.8 Å². The van der Waals surface area contributed by atoms with Gasteiger partial charge in [-0.1, -0.05) is 0 Å². The number of carboxylic acid groups (broad SMARTS) is 1. The fraction of sp³-hybridized carbons (Fsp3) is 0.500. The monoisotopic (exact) mass is 264 g/mol. The minimum Gasteiger partial charge on any atom is -0.478 e. The number of rotatable bonds is 3. The number of aromatic nitrogens is 2. The summed E-state index contributed by atoms with van der Waals surface area (Å²) < 4.78 is 0. The average molecular weight is 264 g/mol. The van der Waals surface area contributed by atoms with Crippen LogP contribution in [-0.2, 0) is 4.79 Å². The van der Waals surface area contributed by atoms with Crippen LogP contribution in [-0.4, -0.2) is 40.0 Å². The molecule has 2 rings (SSSR count). The van der Waals surface area contributed by atoms with E-state index in [0.717, 1.165) is 0 Å². The first kappa shape index (κ1) is 13.3. The van der Waals surface area contributed by atoms with Crippen molar-refractivity contribution >= 4 is 17.8 Å². The van der Waals surface area contributed by atoms with E-state index >= 15 is 0 Å². The molecule has 7 nitrogen and oxygen atoms in total. The maximum absolute atomic E-state index is 11.4. The lowest BCUT2D eigenvalue weighted by Crippen LogP contribution is -2.37. The zero-order valence-electron chi connectivity index (χ0n) is 10.9. The number of nitrogens with zero attached hydrogens (tertiary/aromatic N) is 3. The van der Waals surface area contributed by atoms with Gasteiger partial charge in [0.15, 0.2) is 0 Å². The fourth-order valence-corrected chi connectivity index (χ4v) is 2.15. The smallest absolute Gasteiger partial charge is 0.339 e. The van der Waals surface area contributed by atoms with E-state index in [2.05, 4.69) is 9.97 Å². The van der Waals surface area contributed by atoms with Gasteiger partial charge in [-0.15, -0.1) is 0 Å². The maximum atomic E-state index is 11.4. The van der Waals surface area contributed by atoms with Crippen LogP contribution in [0.2, 0.25) is 0 Å². The van der Waals surface area contributed by atoms with Crippen LogP contribution in [0.1, 0.15) is 29.4 Å². The largest absolute Gasteiger partial charge is 0.478 e. The normalized spacial score (nSPS) is 22.5. The highest BCUT2D eigenvalue weighted by molar-refractivity contribution is 5.88. The molecule has 1 unspecified atom stereocenters. The number of primary amides is 1. The lowest BCUT2D eigenvalue weighted by molar-refractivity contribution is -0.125. The lowest BCUT2D eigenvalue weighted by Gasteiger charge is -2.21. The first-order valence-electron chi connectivity index (χ1n) is 5.95. The van der Waals surface area contributed by atoms with Crippen molar-refractivity contribution in [2.45, 2.75) is 20.3 Å². The van der Waals surface area contributed by atoms with Gasteiger partial charge in [0.2, 0.25) is 11.9 Å². The Labute approximate surface area is 110 Å². The minimum atomic E-state index is -1.05. The Bertz CT molecular complexity index is 546. The van der Waals surface area contributed by atoms with Gasteiger partial charge >= 0.3 is 5.97 Å². The third-order valence-corrected chi connectivity index (χ3v) is 3.55. The van der Waals surface area contributed by atoms with Gasteiger partial charge in [0, 0.05) is 19.3 Å². The van der Waals surface area contributed by atoms with E-state index < -0.39 is 11.4 Å². The third kappa shape index (κ3) is 2.35. The Hall–Kier alpha value is -2.18. The van der Waals surface area contributed by atoms with Crippen LogP contribution in [0, 0.1) is 12.3 Å². The van der Waals surface area contributed by atoms with Crippen molar-refractivity contribution in [1.29, 1.82) is 0 Å². The van der Waals surface area contributed by atoms with Crippen molar-refractivity contribution in [3.05, 3.63) is 17.5 Å². The van der Waals surface area contributed by atoms with Crippen LogP contribution in [0.25, 0.3) is 0 Å². The van der Waals surface area contributed by atoms with Gasteiger partial charge in [-0.05, 0) is 20.3 Å². The summed E-state index contributed by atoms with van der Waals surface area (Å²) in [7, 11) is 0. The number of carboxylic acids is 1. The van der Waals surface area contributed by atoms with Crippen molar-refractivity contribution in [1.82, 2.24) is 9.97 Å². The summed E-state index contributed by atoms with van der Waals surface area (Å²) in [4.78, 5) is 32.4. The molecule has 1 saturated heterocycles. The van der Waals surface area contributed by atoms with Crippen LogP contribution >= 0.6 is 0 Å². The number of carbonyl (C=O) groups excluding carboxylic acids is 1. The Balaban J connectivity index is 2.23. The molecule has 1 amide bonds. The SMILES string of the molecule is Cc1nc(N2CCC(C)(C(N)=O)C2)ncc1C(=O)O. The predicted octanol–water partition coefficient (Wildman–Crippen LogP) is 0.185. The van der Waals surface area contributed by atoms with Crippen LogP contribution < -0.4 is 10.6 Å². The van der Waals surface area contributed by atoms with Gasteiger partial charge < -0.3 is 15.7 Å². The van der Waals surface area contributed by atoms with Gasteiger partial charge in [0.05, 0.1) is 16.7 Å². The van der Waals surface area contributed by atoms with Crippen molar-refractivity contribution in [3.63, 3.8) is 0 Å². The van der Waals surface area contributed by atoms with E-state index in [9.17, 15) is 9.59 Å². The second-order valence-corrected chi connectivity index (χ2v) is 5.07. The number of hydrogen-bond donors (Lipinski definition) is 2. The molecule has 3 N–H and O–H groups in total. The molecule has 0 radical (unpaired) electrons. The molecule has 2 heterocycles. The van der Waals surface area contributed by atoms with Crippen molar-refractivity contribution < 1.29 is 14.7 Å². The van der Waals surface area contributed by atoms with Crippen LogP contribution in [0.3, 0.4) is 0 Å². The molecule has 19 heavy (non-hydrogen) atoms. The summed E-state index contributed by atoms with van der Waals surface area (Å²) in [5.74, 6) is -0.950. The molecule has 0 aromatic carbocycles. The topological polar surface area (TPSA) is 109 Å². The van der Waals surface area contributed by atoms with Crippen molar-refractivity contribution in [3.8, 4) is 0 Å². The molecule has 1 aliphatic rings. The zero-order valence-corrected chi connectivity index (χ0v) is 10.9. The molecular weight excluding hydrogens is 248 g/mol. The molecule has 0 spiro atoms. The molecule has 1 aliphatic heterocycles. The molecule has 1 aromatic heterocycles. The molecule has 1 aromatic rings. The zero-order chi connectivity index (χ0) is 14.2. The molecule has 0 saturated carbocycles. The Morgan fingerprint density at radius 3 is 2.68 bits per heavy atom. The number of aromatic carboxylic acids is 1. The van der Waals surface area contributed by atoms with E-state index in [-0.39, 0.29) is 11.5 Å². The first-order chi connectivity index (χ1) is 8.83.